The van der Waals surface area contributed by atoms with Crippen LogP contribution in [-0.4, -0.2) is 12.1 Å². The van der Waals surface area contributed by atoms with Gasteiger partial charge in [0.25, 0.3) is 0 Å². The van der Waals surface area contributed by atoms with E-state index in [4.69, 9.17) is 10.5 Å². The number of para-hydroxylation sites is 1. The van der Waals surface area contributed by atoms with Gasteiger partial charge in [0.15, 0.2) is 0 Å². The lowest BCUT2D eigenvalue weighted by molar-refractivity contribution is 0.397. The van der Waals surface area contributed by atoms with E-state index in [1.165, 1.54) is 0 Å². The summed E-state index contributed by atoms with van der Waals surface area (Å²) in [6.45, 7) is 2.72. The third-order valence-corrected chi connectivity index (χ3v) is 2.78. The van der Waals surface area contributed by atoms with E-state index in [1.807, 2.05) is 37.3 Å². The zero-order chi connectivity index (χ0) is 13.0. The number of nitrogens with one attached hydrogen (secondary N) is 1. The highest BCUT2D eigenvalue weighted by atomic mass is 16.5. The van der Waals surface area contributed by atoms with Gasteiger partial charge in [-0.2, -0.15) is 0 Å². The standard InChI is InChI=1S/C14H17N3O/c1-10-4-3-5-12(15)14(10)17-9-11-6-7-13(18-2)16-8-11/h3-8,17H,9,15H2,1-2H3. The molecule has 94 valence electrons. The Labute approximate surface area is 107 Å². The Balaban J connectivity index is 2.06. The number of hydrogen-bond acceptors (Lipinski definition) is 4. The molecule has 4 heteroatoms. The van der Waals surface area contributed by atoms with Gasteiger partial charge < -0.3 is 15.8 Å². The van der Waals surface area contributed by atoms with E-state index in [2.05, 4.69) is 10.3 Å². The Morgan fingerprint density at radius 2 is 2.11 bits per heavy atom. The Kier molecular flexibility index (Phi) is 3.67. The number of hydrogen-bond donors (Lipinski definition) is 2. The number of benzene rings is 1. The summed E-state index contributed by atoms with van der Waals surface area (Å²) in [5.41, 5.74) is 9.89. The van der Waals surface area contributed by atoms with Crippen LogP contribution in [0.15, 0.2) is 36.5 Å². The van der Waals surface area contributed by atoms with Crippen LogP contribution < -0.4 is 15.8 Å². The molecule has 0 aliphatic heterocycles. The maximum Gasteiger partial charge on any atom is 0.212 e. The third-order valence-electron chi connectivity index (χ3n) is 2.78. The van der Waals surface area contributed by atoms with Crippen LogP contribution in [0.1, 0.15) is 11.1 Å². The van der Waals surface area contributed by atoms with Crippen LogP contribution in [0.3, 0.4) is 0 Å². The molecule has 0 bridgehead atoms. The minimum atomic E-state index is 0.620. The molecule has 0 radical (unpaired) electrons. The Morgan fingerprint density at radius 1 is 1.28 bits per heavy atom. The smallest absolute Gasteiger partial charge is 0.212 e. The molecule has 1 aromatic carbocycles. The molecule has 18 heavy (non-hydrogen) atoms. The van der Waals surface area contributed by atoms with Crippen LogP contribution >= 0.6 is 0 Å². The van der Waals surface area contributed by atoms with Gasteiger partial charge in [-0.1, -0.05) is 18.2 Å². The lowest BCUT2D eigenvalue weighted by Crippen LogP contribution is -2.04. The van der Waals surface area contributed by atoms with Crippen molar-refractivity contribution in [2.45, 2.75) is 13.5 Å². The van der Waals surface area contributed by atoms with E-state index in [0.29, 0.717) is 12.4 Å². The Hall–Kier alpha value is -2.23. The molecule has 0 spiro atoms. The largest absolute Gasteiger partial charge is 0.481 e. The van der Waals surface area contributed by atoms with Crippen molar-refractivity contribution in [2.75, 3.05) is 18.2 Å². The van der Waals surface area contributed by atoms with Crippen molar-refractivity contribution in [1.29, 1.82) is 0 Å². The molecule has 0 aliphatic rings. The molecule has 0 unspecified atom stereocenters. The molecule has 0 atom stereocenters. The minimum Gasteiger partial charge on any atom is -0.481 e. The van der Waals surface area contributed by atoms with Crippen LogP contribution in [0.4, 0.5) is 11.4 Å². The van der Waals surface area contributed by atoms with Crippen molar-refractivity contribution in [3.63, 3.8) is 0 Å². The summed E-state index contributed by atoms with van der Waals surface area (Å²) in [5.74, 6) is 0.620. The van der Waals surface area contributed by atoms with Gasteiger partial charge >= 0.3 is 0 Å². The van der Waals surface area contributed by atoms with Gasteiger partial charge in [-0.15, -0.1) is 0 Å². The molecule has 4 nitrogen and oxygen atoms in total. The minimum absolute atomic E-state index is 0.620. The lowest BCUT2D eigenvalue weighted by Gasteiger charge is -2.12. The van der Waals surface area contributed by atoms with Gasteiger partial charge in [0.05, 0.1) is 18.5 Å². The summed E-state index contributed by atoms with van der Waals surface area (Å²) in [6.07, 6.45) is 1.79. The number of methoxy groups -OCH3 is 1. The number of aryl methyl sites for hydroxylation is 1. The monoisotopic (exact) mass is 243 g/mol. The molecule has 0 amide bonds. The van der Waals surface area contributed by atoms with Gasteiger partial charge in [-0.25, -0.2) is 4.98 Å². The van der Waals surface area contributed by atoms with Crippen molar-refractivity contribution in [3.8, 4) is 5.88 Å². The average molecular weight is 243 g/mol. The van der Waals surface area contributed by atoms with Gasteiger partial charge in [0.1, 0.15) is 0 Å². The molecule has 3 N–H and O–H groups in total. The topological polar surface area (TPSA) is 60.2 Å². The highest BCUT2D eigenvalue weighted by Gasteiger charge is 2.02. The first-order valence-electron chi connectivity index (χ1n) is 5.78. The van der Waals surface area contributed by atoms with Crippen molar-refractivity contribution in [1.82, 2.24) is 4.98 Å². The van der Waals surface area contributed by atoms with Gasteiger partial charge in [0.2, 0.25) is 5.88 Å². The summed E-state index contributed by atoms with van der Waals surface area (Å²) < 4.78 is 5.02. The Morgan fingerprint density at radius 3 is 2.72 bits per heavy atom. The van der Waals surface area contributed by atoms with Crippen LogP contribution in [0.2, 0.25) is 0 Å². The van der Waals surface area contributed by atoms with Crippen molar-refractivity contribution in [2.24, 2.45) is 0 Å². The molecule has 2 rings (SSSR count). The summed E-state index contributed by atoms with van der Waals surface area (Å²) in [5, 5.41) is 3.33. The van der Waals surface area contributed by atoms with E-state index in [-0.39, 0.29) is 0 Å². The first kappa shape index (κ1) is 12.2. The van der Waals surface area contributed by atoms with Crippen molar-refractivity contribution >= 4 is 11.4 Å². The normalized spacial score (nSPS) is 10.1. The number of aromatic nitrogens is 1. The second kappa shape index (κ2) is 5.40. The van der Waals surface area contributed by atoms with Crippen LogP contribution in [0.25, 0.3) is 0 Å². The quantitative estimate of drug-likeness (QED) is 0.810. The maximum atomic E-state index is 5.93. The fraction of sp³-hybridized carbons (Fsp3) is 0.214. The predicted octanol–water partition coefficient (Wildman–Crippen LogP) is 2.59. The average Bonchev–Trinajstić information content (AvgIpc) is 2.39. The molecule has 0 aliphatic carbocycles. The highest BCUT2D eigenvalue weighted by molar-refractivity contribution is 5.69. The zero-order valence-corrected chi connectivity index (χ0v) is 10.6. The molecule has 0 saturated heterocycles. The van der Waals surface area contributed by atoms with Crippen molar-refractivity contribution in [3.05, 3.63) is 47.7 Å². The van der Waals surface area contributed by atoms with E-state index in [9.17, 15) is 0 Å². The second-order valence-electron chi connectivity index (χ2n) is 4.10. The second-order valence-corrected chi connectivity index (χ2v) is 4.10. The molecule has 0 fully saturated rings. The molecular weight excluding hydrogens is 226 g/mol. The summed E-state index contributed by atoms with van der Waals surface area (Å²) >= 11 is 0. The number of ether oxygens (including phenoxy) is 1. The summed E-state index contributed by atoms with van der Waals surface area (Å²) in [6, 6.07) is 9.70. The van der Waals surface area contributed by atoms with Crippen LogP contribution in [-0.2, 0) is 6.54 Å². The predicted molar refractivity (Wildman–Crippen MR) is 73.7 cm³/mol. The first-order chi connectivity index (χ1) is 8.70. The molecular formula is C14H17N3O. The van der Waals surface area contributed by atoms with Gasteiger partial charge in [0, 0.05) is 18.8 Å². The van der Waals surface area contributed by atoms with E-state index in [1.54, 1.807) is 13.3 Å². The first-order valence-corrected chi connectivity index (χ1v) is 5.78. The summed E-state index contributed by atoms with van der Waals surface area (Å²) in [7, 11) is 1.61. The maximum absolute atomic E-state index is 5.93. The summed E-state index contributed by atoms with van der Waals surface area (Å²) in [4.78, 5) is 4.16. The number of nitrogens with two attached hydrogens (primary N) is 1. The van der Waals surface area contributed by atoms with Crippen LogP contribution in [0, 0.1) is 6.92 Å². The number of rotatable bonds is 4. The molecule has 2 aromatic rings. The van der Waals surface area contributed by atoms with E-state index < -0.39 is 0 Å². The van der Waals surface area contributed by atoms with Crippen molar-refractivity contribution < 1.29 is 4.74 Å². The third kappa shape index (κ3) is 2.71. The molecule has 1 heterocycles. The fourth-order valence-electron chi connectivity index (χ4n) is 1.76. The Bertz CT molecular complexity index is 503. The zero-order valence-electron chi connectivity index (χ0n) is 10.6. The number of nitrogens with zero attached hydrogens (tertiary/aromatic N) is 1. The lowest BCUT2D eigenvalue weighted by atomic mass is 10.1. The highest BCUT2D eigenvalue weighted by Crippen LogP contribution is 2.23. The SMILES string of the molecule is COc1ccc(CNc2c(C)cccc2N)cn1. The number of pyridine rings is 1. The fourth-order valence-corrected chi connectivity index (χ4v) is 1.76. The van der Waals surface area contributed by atoms with Crippen LogP contribution in [0.5, 0.6) is 5.88 Å². The van der Waals surface area contributed by atoms with E-state index in [0.717, 1.165) is 22.5 Å². The number of anilines is 2. The van der Waals surface area contributed by atoms with Gasteiger partial charge in [-0.05, 0) is 24.1 Å². The molecule has 1 aromatic heterocycles. The van der Waals surface area contributed by atoms with Gasteiger partial charge in [-0.3, -0.25) is 0 Å². The number of nitrogen functional groups attached to an aromatic ring is 1. The molecule has 0 saturated carbocycles. The van der Waals surface area contributed by atoms with E-state index >= 15 is 0 Å².